The van der Waals surface area contributed by atoms with E-state index in [-0.39, 0.29) is 28.5 Å². The highest BCUT2D eigenvalue weighted by atomic mass is 32.1. The average Bonchev–Trinajstić information content (AvgIpc) is 3.76. The molecule has 0 saturated heterocycles. The minimum absolute atomic E-state index is 0.0200. The van der Waals surface area contributed by atoms with Crippen LogP contribution < -0.4 is 15.1 Å². The van der Waals surface area contributed by atoms with Gasteiger partial charge in [0.25, 0.3) is 0 Å². The van der Waals surface area contributed by atoms with E-state index in [1.165, 1.54) is 125 Å². The van der Waals surface area contributed by atoms with Crippen molar-refractivity contribution in [1.29, 1.82) is 0 Å². The number of para-hydroxylation sites is 1. The predicted octanol–water partition coefficient (Wildman–Crippen LogP) is 15.5. The molecule has 0 N–H and O–H groups in total. The molecule has 0 amide bonds. The Morgan fingerprint density at radius 3 is 1.81 bits per heavy atom. The molecule has 0 bridgehead atoms. The molecule has 4 heteroatoms. The molecule has 2 aromatic heterocycles. The molecule has 62 heavy (non-hydrogen) atoms. The largest absolute Gasteiger partial charge is 0.375 e. The number of nitrogens with zero attached hydrogens (tertiary/aromatic N) is 2. The number of hydrogen-bond acceptors (Lipinski definition) is 2. The molecule has 0 atom stereocenters. The first kappa shape index (κ1) is 38.1. The molecule has 0 aliphatic carbocycles. The van der Waals surface area contributed by atoms with Crippen LogP contribution in [0.4, 0.5) is 17.1 Å². The minimum atomic E-state index is -0.0889. The van der Waals surface area contributed by atoms with Gasteiger partial charge in [-0.05, 0) is 113 Å². The lowest BCUT2D eigenvalue weighted by Crippen LogP contribution is -2.55. The normalized spacial score (nSPS) is 14.4. The lowest BCUT2D eigenvalue weighted by Gasteiger charge is -2.42. The van der Waals surface area contributed by atoms with Crippen LogP contribution in [0.3, 0.4) is 0 Å². The molecule has 8 aromatic carbocycles. The van der Waals surface area contributed by atoms with Gasteiger partial charge in [-0.25, -0.2) is 0 Å². The number of aromatic nitrogens is 1. The summed E-state index contributed by atoms with van der Waals surface area (Å²) < 4.78 is 5.52. The Morgan fingerprint density at radius 2 is 1.11 bits per heavy atom. The Bertz CT molecular complexity index is 3550. The van der Waals surface area contributed by atoms with Gasteiger partial charge in [-0.2, -0.15) is 0 Å². The summed E-state index contributed by atoms with van der Waals surface area (Å²) in [6.07, 6.45) is 0. The van der Waals surface area contributed by atoms with Crippen molar-refractivity contribution in [2.75, 3.05) is 4.90 Å². The van der Waals surface area contributed by atoms with E-state index in [2.05, 4.69) is 208 Å². The maximum atomic E-state index is 2.78. The lowest BCUT2D eigenvalue weighted by molar-refractivity contribution is 0.590. The van der Waals surface area contributed by atoms with Gasteiger partial charge in [-0.1, -0.05) is 162 Å². The van der Waals surface area contributed by atoms with Crippen molar-refractivity contribution >= 4 is 110 Å². The molecule has 2 nitrogen and oxygen atoms in total. The van der Waals surface area contributed by atoms with Gasteiger partial charge in [-0.15, -0.1) is 11.3 Å². The van der Waals surface area contributed by atoms with E-state index >= 15 is 0 Å². The van der Waals surface area contributed by atoms with Crippen LogP contribution in [-0.2, 0) is 21.7 Å². The predicted molar refractivity (Wildman–Crippen MR) is 274 cm³/mol. The van der Waals surface area contributed by atoms with Gasteiger partial charge in [-0.3, -0.25) is 0 Å². The maximum absolute atomic E-state index is 2.78. The summed E-state index contributed by atoms with van der Waals surface area (Å²) in [4.78, 5) is 2.73. The fraction of sp³-hybridized carbons (Fsp3) is 0.276. The van der Waals surface area contributed by atoms with Crippen molar-refractivity contribution in [2.24, 2.45) is 0 Å². The second kappa shape index (κ2) is 12.1. The van der Waals surface area contributed by atoms with Crippen LogP contribution in [-0.4, -0.2) is 11.3 Å². The van der Waals surface area contributed by atoms with Gasteiger partial charge in [0.05, 0.1) is 11.4 Å². The van der Waals surface area contributed by atoms with Gasteiger partial charge in [0.15, 0.2) is 0 Å². The molecule has 10 aromatic rings. The molecular weight excluding hydrogens is 768 g/mol. The summed E-state index contributed by atoms with van der Waals surface area (Å²) in [5.41, 5.74) is 16.2. The van der Waals surface area contributed by atoms with Crippen molar-refractivity contribution in [3.63, 3.8) is 0 Å². The summed E-state index contributed by atoms with van der Waals surface area (Å²) in [5, 5.41) is 12.1. The Hall–Kier alpha value is -5.58. The van der Waals surface area contributed by atoms with Gasteiger partial charge in [0.2, 0.25) is 0 Å². The van der Waals surface area contributed by atoms with Crippen LogP contribution in [0.1, 0.15) is 105 Å². The fourth-order valence-corrected chi connectivity index (χ4v) is 12.5. The zero-order chi connectivity index (χ0) is 43.2. The summed E-state index contributed by atoms with van der Waals surface area (Å²) in [5.74, 6) is 0. The van der Waals surface area contributed by atoms with Gasteiger partial charge >= 0.3 is 6.85 Å². The molecule has 2 aliphatic rings. The molecule has 306 valence electrons. The van der Waals surface area contributed by atoms with E-state index in [0.717, 1.165) is 0 Å². The third kappa shape index (κ3) is 5.05. The Kier molecular flexibility index (Phi) is 7.45. The second-order valence-corrected chi connectivity index (χ2v) is 23.7. The first-order chi connectivity index (χ1) is 29.3. The zero-order valence-electron chi connectivity index (χ0n) is 38.3. The number of anilines is 3. The standard InChI is InChI=1S/C58H55BN2S/c1-55(2,3)34-23-26-44-40(29-34)41-30-36(57(7,8)9)31-42-49-38-24-21-32-27-35(56(4,5)6)28-33-22-25-39(48(38)47(32)33)52-50(49)59(61(44)51(41)42)54-53(37-17-13-16-20-46(37)62-54)60(52)45-19-15-14-18-43(45)58(10,11)12/h13-31H,1-12H3. The van der Waals surface area contributed by atoms with Crippen molar-refractivity contribution < 1.29 is 0 Å². The highest BCUT2D eigenvalue weighted by Gasteiger charge is 2.47. The van der Waals surface area contributed by atoms with Crippen molar-refractivity contribution in [3.05, 3.63) is 138 Å². The average molecular weight is 823 g/mol. The molecule has 0 saturated carbocycles. The molecular formula is C58H55BN2S. The quantitative estimate of drug-likeness (QED) is 0.118. The number of hydrogen-bond donors (Lipinski definition) is 0. The fourth-order valence-electron chi connectivity index (χ4n) is 11.3. The summed E-state index contributed by atoms with van der Waals surface area (Å²) in [7, 11) is 0. The second-order valence-electron chi connectivity index (χ2n) is 22.6. The van der Waals surface area contributed by atoms with Crippen LogP contribution in [0, 0.1) is 0 Å². The lowest BCUT2D eigenvalue weighted by atomic mass is 9.47. The third-order valence-corrected chi connectivity index (χ3v) is 15.6. The maximum Gasteiger partial charge on any atom is 0.343 e. The number of fused-ring (bicyclic) bond motifs is 11. The smallest absolute Gasteiger partial charge is 0.343 e. The summed E-state index contributed by atoms with van der Waals surface area (Å²) in [6.45, 7) is 28.3. The summed E-state index contributed by atoms with van der Waals surface area (Å²) >= 11 is 1.99. The highest BCUT2D eigenvalue weighted by molar-refractivity contribution is 7.32. The third-order valence-electron chi connectivity index (χ3n) is 14.4. The highest BCUT2D eigenvalue weighted by Crippen LogP contribution is 2.55. The van der Waals surface area contributed by atoms with Crippen LogP contribution in [0.25, 0.3) is 75.3 Å². The van der Waals surface area contributed by atoms with Crippen molar-refractivity contribution in [3.8, 4) is 11.1 Å². The van der Waals surface area contributed by atoms with Gasteiger partial charge in [0, 0.05) is 58.7 Å². The van der Waals surface area contributed by atoms with Crippen LogP contribution >= 0.6 is 11.3 Å². The van der Waals surface area contributed by atoms with E-state index in [4.69, 9.17) is 0 Å². The zero-order valence-corrected chi connectivity index (χ0v) is 39.2. The van der Waals surface area contributed by atoms with Crippen molar-refractivity contribution in [1.82, 2.24) is 4.48 Å². The molecule has 4 heterocycles. The first-order valence-corrected chi connectivity index (χ1v) is 23.5. The van der Waals surface area contributed by atoms with Crippen molar-refractivity contribution in [2.45, 2.75) is 105 Å². The summed E-state index contributed by atoms with van der Waals surface area (Å²) in [6, 6.07) is 45.7. The minimum Gasteiger partial charge on any atom is -0.375 e. The number of benzene rings is 8. The molecule has 2 aliphatic heterocycles. The SMILES string of the molecule is CC(C)(C)c1cc2ccc3c4c5c(c6ccc(c1)c2c36)N(c1ccccc1C(C)(C)C)c1c(sc2ccccc12)B5n1c2ccc(C(C)(C)C)cc2c2cc(C(C)(C)C)cc-4c21. The van der Waals surface area contributed by atoms with Crippen LogP contribution in [0.2, 0.25) is 0 Å². The van der Waals surface area contributed by atoms with Crippen LogP contribution in [0.5, 0.6) is 0 Å². The number of rotatable bonds is 1. The van der Waals surface area contributed by atoms with Gasteiger partial charge < -0.3 is 9.38 Å². The Morgan fingerprint density at radius 1 is 0.484 bits per heavy atom. The Balaban J connectivity index is 1.37. The molecule has 0 fully saturated rings. The molecule has 0 spiro atoms. The first-order valence-electron chi connectivity index (χ1n) is 22.6. The molecule has 0 unspecified atom stereocenters. The number of thiophene rings is 1. The monoisotopic (exact) mass is 822 g/mol. The van der Waals surface area contributed by atoms with Crippen LogP contribution in [0.15, 0.2) is 115 Å². The van der Waals surface area contributed by atoms with E-state index in [9.17, 15) is 0 Å². The Labute approximate surface area is 370 Å². The van der Waals surface area contributed by atoms with E-state index < -0.39 is 0 Å². The molecule has 0 radical (unpaired) electrons. The van der Waals surface area contributed by atoms with Gasteiger partial charge in [0.1, 0.15) is 0 Å². The molecule has 12 rings (SSSR count). The van der Waals surface area contributed by atoms with E-state index in [1.807, 2.05) is 11.3 Å². The topological polar surface area (TPSA) is 8.17 Å². The van der Waals surface area contributed by atoms with E-state index in [1.54, 1.807) is 0 Å². The van der Waals surface area contributed by atoms with E-state index in [0.29, 0.717) is 0 Å².